The lowest BCUT2D eigenvalue weighted by atomic mass is 10.0. The van der Waals surface area contributed by atoms with Gasteiger partial charge in [0.1, 0.15) is 13.2 Å². The molecular formula is C66H122O6. The van der Waals surface area contributed by atoms with Crippen LogP contribution >= 0.6 is 0 Å². The summed E-state index contributed by atoms with van der Waals surface area (Å²) < 4.78 is 16.9. The third-order valence-electron chi connectivity index (χ3n) is 14.3. The van der Waals surface area contributed by atoms with E-state index in [0.717, 1.165) is 77.0 Å². The van der Waals surface area contributed by atoms with Crippen LogP contribution in [0.2, 0.25) is 0 Å². The fourth-order valence-electron chi connectivity index (χ4n) is 9.49. The molecule has 0 spiro atoms. The van der Waals surface area contributed by atoms with Crippen LogP contribution in [0.5, 0.6) is 0 Å². The summed E-state index contributed by atoms with van der Waals surface area (Å²) in [5.41, 5.74) is 0. The first-order valence-electron chi connectivity index (χ1n) is 32.0. The van der Waals surface area contributed by atoms with Crippen molar-refractivity contribution in [3.63, 3.8) is 0 Å². The van der Waals surface area contributed by atoms with E-state index in [1.807, 2.05) is 0 Å². The van der Waals surface area contributed by atoms with Crippen molar-refractivity contribution in [2.24, 2.45) is 0 Å². The quantitative estimate of drug-likeness (QED) is 0.0261. The first-order valence-corrected chi connectivity index (χ1v) is 32.0. The summed E-state index contributed by atoms with van der Waals surface area (Å²) in [6, 6.07) is 0. The molecule has 0 heterocycles. The molecular weight excluding hydrogens is 889 g/mol. The van der Waals surface area contributed by atoms with Crippen LogP contribution in [0.1, 0.15) is 348 Å². The van der Waals surface area contributed by atoms with Crippen LogP contribution in [-0.4, -0.2) is 37.2 Å². The highest BCUT2D eigenvalue weighted by molar-refractivity contribution is 5.71. The van der Waals surface area contributed by atoms with E-state index in [1.165, 1.54) is 231 Å². The van der Waals surface area contributed by atoms with E-state index in [9.17, 15) is 14.4 Å². The first kappa shape index (κ1) is 69.6. The summed E-state index contributed by atoms with van der Waals surface area (Å²) in [5, 5.41) is 0. The number of rotatable bonds is 59. The SMILES string of the molecule is CCCCCCCCCCCCCC/C=C\CCCCC(=O)OCC(COC(=O)CCCC/C=C\CCCCCCCCCCCCCC)OC(=O)CCCC/C=C\CCCCCCCCCCCCCC. The largest absolute Gasteiger partial charge is 0.462 e. The zero-order valence-electron chi connectivity index (χ0n) is 48.5. The van der Waals surface area contributed by atoms with Gasteiger partial charge < -0.3 is 14.2 Å². The van der Waals surface area contributed by atoms with Crippen molar-refractivity contribution in [3.05, 3.63) is 36.5 Å². The molecule has 0 aliphatic rings. The van der Waals surface area contributed by atoms with Crippen LogP contribution in [0.15, 0.2) is 36.5 Å². The Labute approximate surface area is 448 Å². The summed E-state index contributed by atoms with van der Waals surface area (Å²) >= 11 is 0. The Morgan fingerprint density at radius 1 is 0.264 bits per heavy atom. The van der Waals surface area contributed by atoms with E-state index in [1.54, 1.807) is 0 Å². The van der Waals surface area contributed by atoms with Gasteiger partial charge in [-0.1, -0.05) is 269 Å². The highest BCUT2D eigenvalue weighted by atomic mass is 16.6. The minimum absolute atomic E-state index is 0.0946. The fraction of sp³-hybridized carbons (Fsp3) is 0.864. The standard InChI is InChI=1S/C66H122O6/c1-4-7-10-13-16-19-22-25-28-31-34-37-40-43-46-49-52-55-58-64(67)70-61-63(72-66(69)60-57-54-51-48-45-42-39-36-33-30-27-24-21-18-15-12-9-6-3)62-71-65(68)59-56-53-50-47-44-41-38-35-32-29-26-23-20-17-14-11-8-5-2/h43-48,63H,4-42,49-62H2,1-3H3/b46-43-,47-44-,48-45-. The van der Waals surface area contributed by atoms with Gasteiger partial charge in [0.15, 0.2) is 6.10 Å². The van der Waals surface area contributed by atoms with Gasteiger partial charge in [0.05, 0.1) is 0 Å². The molecule has 0 saturated carbocycles. The summed E-state index contributed by atoms with van der Waals surface area (Å²) in [6.45, 7) is 6.65. The first-order chi connectivity index (χ1) is 35.5. The van der Waals surface area contributed by atoms with E-state index in [2.05, 4.69) is 57.2 Å². The topological polar surface area (TPSA) is 78.9 Å². The number of hydrogen-bond acceptors (Lipinski definition) is 6. The van der Waals surface area contributed by atoms with E-state index in [4.69, 9.17) is 14.2 Å². The molecule has 0 aromatic rings. The van der Waals surface area contributed by atoms with Crippen molar-refractivity contribution in [2.75, 3.05) is 13.2 Å². The molecule has 0 amide bonds. The molecule has 0 rings (SSSR count). The number of carbonyl (C=O) groups excluding carboxylic acids is 3. The van der Waals surface area contributed by atoms with Gasteiger partial charge >= 0.3 is 17.9 Å². The van der Waals surface area contributed by atoms with E-state index < -0.39 is 6.10 Å². The lowest BCUT2D eigenvalue weighted by molar-refractivity contribution is -0.167. The zero-order valence-corrected chi connectivity index (χ0v) is 48.5. The summed E-state index contributed by atoms with van der Waals surface area (Å²) in [6.07, 6.45) is 74.5. The van der Waals surface area contributed by atoms with Gasteiger partial charge in [0, 0.05) is 19.3 Å². The van der Waals surface area contributed by atoms with E-state index >= 15 is 0 Å². The van der Waals surface area contributed by atoms with Gasteiger partial charge in [-0.3, -0.25) is 14.4 Å². The van der Waals surface area contributed by atoms with Gasteiger partial charge in [-0.25, -0.2) is 0 Å². The highest BCUT2D eigenvalue weighted by Crippen LogP contribution is 2.17. The summed E-state index contributed by atoms with van der Waals surface area (Å²) in [7, 11) is 0. The number of ether oxygens (including phenoxy) is 3. The maximum absolute atomic E-state index is 12.9. The van der Waals surface area contributed by atoms with Crippen molar-refractivity contribution >= 4 is 17.9 Å². The molecule has 422 valence electrons. The Morgan fingerprint density at radius 3 is 0.694 bits per heavy atom. The molecule has 6 nitrogen and oxygen atoms in total. The maximum Gasteiger partial charge on any atom is 0.306 e. The Morgan fingerprint density at radius 2 is 0.458 bits per heavy atom. The second-order valence-corrected chi connectivity index (χ2v) is 21.7. The molecule has 0 unspecified atom stereocenters. The Kier molecular flexibility index (Phi) is 59.2. The van der Waals surface area contributed by atoms with Gasteiger partial charge in [-0.2, -0.15) is 0 Å². The Hall–Kier alpha value is -2.37. The van der Waals surface area contributed by atoms with Crippen molar-refractivity contribution in [1.29, 1.82) is 0 Å². The zero-order chi connectivity index (χ0) is 52.2. The molecule has 0 saturated heterocycles. The molecule has 0 aliphatic carbocycles. The van der Waals surface area contributed by atoms with E-state index in [-0.39, 0.29) is 31.1 Å². The lowest BCUT2D eigenvalue weighted by Gasteiger charge is -2.18. The van der Waals surface area contributed by atoms with Gasteiger partial charge in [0.25, 0.3) is 0 Å². The van der Waals surface area contributed by atoms with Crippen LogP contribution in [0.4, 0.5) is 0 Å². The van der Waals surface area contributed by atoms with Crippen molar-refractivity contribution in [3.8, 4) is 0 Å². The highest BCUT2D eigenvalue weighted by Gasteiger charge is 2.19. The van der Waals surface area contributed by atoms with Crippen LogP contribution in [-0.2, 0) is 28.6 Å². The second kappa shape index (κ2) is 61.2. The number of allylic oxidation sites excluding steroid dienone is 6. The monoisotopic (exact) mass is 1010 g/mol. The van der Waals surface area contributed by atoms with Crippen molar-refractivity contribution in [2.45, 2.75) is 354 Å². The van der Waals surface area contributed by atoms with Crippen LogP contribution < -0.4 is 0 Å². The lowest BCUT2D eigenvalue weighted by Crippen LogP contribution is -2.30. The van der Waals surface area contributed by atoms with E-state index in [0.29, 0.717) is 19.3 Å². The summed E-state index contributed by atoms with van der Waals surface area (Å²) in [4.78, 5) is 38.3. The second-order valence-electron chi connectivity index (χ2n) is 21.7. The van der Waals surface area contributed by atoms with Crippen molar-refractivity contribution in [1.82, 2.24) is 0 Å². The van der Waals surface area contributed by atoms with Crippen LogP contribution in [0, 0.1) is 0 Å². The molecule has 0 atom stereocenters. The van der Waals surface area contributed by atoms with Gasteiger partial charge in [-0.15, -0.1) is 0 Å². The van der Waals surface area contributed by atoms with Crippen molar-refractivity contribution < 1.29 is 28.6 Å². The molecule has 6 heteroatoms. The minimum atomic E-state index is -0.799. The number of unbranched alkanes of at least 4 members (excludes halogenated alkanes) is 42. The smallest absolute Gasteiger partial charge is 0.306 e. The average molecular weight is 1010 g/mol. The predicted octanol–water partition coefficient (Wildman–Crippen LogP) is 21.6. The molecule has 72 heavy (non-hydrogen) atoms. The van der Waals surface area contributed by atoms with Gasteiger partial charge in [0.2, 0.25) is 0 Å². The fourth-order valence-corrected chi connectivity index (χ4v) is 9.49. The maximum atomic E-state index is 12.9. The molecule has 0 aromatic heterocycles. The number of hydrogen-bond donors (Lipinski definition) is 0. The molecule has 0 aromatic carbocycles. The molecule has 0 fully saturated rings. The molecule has 0 radical (unpaired) electrons. The Balaban J connectivity index is 4.40. The molecule has 0 aliphatic heterocycles. The molecule has 0 N–H and O–H groups in total. The number of esters is 3. The van der Waals surface area contributed by atoms with Crippen LogP contribution in [0.25, 0.3) is 0 Å². The Bertz CT molecular complexity index is 1140. The third kappa shape index (κ3) is 58.5. The molecule has 0 bridgehead atoms. The van der Waals surface area contributed by atoms with Gasteiger partial charge in [-0.05, 0) is 96.3 Å². The van der Waals surface area contributed by atoms with Crippen LogP contribution in [0.3, 0.4) is 0 Å². The third-order valence-corrected chi connectivity index (χ3v) is 14.3. The predicted molar refractivity (Wildman–Crippen MR) is 312 cm³/mol. The minimum Gasteiger partial charge on any atom is -0.462 e. The average Bonchev–Trinajstić information content (AvgIpc) is 3.38. The summed E-state index contributed by atoms with van der Waals surface area (Å²) in [5.74, 6) is -0.937. The number of carbonyl (C=O) groups is 3. The normalized spacial score (nSPS) is 11.8.